The molecular formula is C29H31BrN2O5S. The van der Waals surface area contributed by atoms with E-state index in [0.717, 1.165) is 22.2 Å². The second-order valence-electron chi connectivity index (χ2n) is 9.04. The van der Waals surface area contributed by atoms with Crippen LogP contribution in [0.25, 0.3) is 6.08 Å². The fraction of sp³-hybridized carbons (Fsp3) is 0.345. The van der Waals surface area contributed by atoms with Crippen molar-refractivity contribution in [3.63, 3.8) is 0 Å². The molecule has 9 heteroatoms. The maximum Gasteiger partial charge on any atom is 0.338 e. The molecule has 2 heterocycles. The Bertz CT molecular complexity index is 1540. The van der Waals surface area contributed by atoms with Gasteiger partial charge in [-0.1, -0.05) is 52.7 Å². The van der Waals surface area contributed by atoms with E-state index in [0.29, 0.717) is 38.3 Å². The van der Waals surface area contributed by atoms with Crippen molar-refractivity contribution in [3.8, 4) is 11.5 Å². The fourth-order valence-electron chi connectivity index (χ4n) is 4.40. The van der Waals surface area contributed by atoms with Crippen LogP contribution in [0.15, 0.2) is 68.0 Å². The second kappa shape index (κ2) is 12.1. The molecular weight excluding hydrogens is 568 g/mol. The van der Waals surface area contributed by atoms with Gasteiger partial charge in [0.2, 0.25) is 0 Å². The molecule has 0 unspecified atom stereocenters. The molecule has 1 aliphatic rings. The van der Waals surface area contributed by atoms with Crippen LogP contribution in [0.1, 0.15) is 57.7 Å². The maximum atomic E-state index is 13.9. The van der Waals surface area contributed by atoms with Crippen molar-refractivity contribution in [2.24, 2.45) is 4.99 Å². The van der Waals surface area contributed by atoms with E-state index < -0.39 is 12.0 Å². The smallest absolute Gasteiger partial charge is 0.338 e. The Labute approximate surface area is 234 Å². The highest BCUT2D eigenvalue weighted by atomic mass is 79.9. The molecule has 0 bridgehead atoms. The third-order valence-electron chi connectivity index (χ3n) is 5.93. The van der Waals surface area contributed by atoms with Gasteiger partial charge in [0.15, 0.2) is 4.80 Å². The number of hydrogen-bond acceptors (Lipinski definition) is 7. The Kier molecular flexibility index (Phi) is 8.89. The number of ether oxygens (including phenoxy) is 3. The van der Waals surface area contributed by atoms with Crippen molar-refractivity contribution in [1.82, 2.24) is 4.57 Å². The van der Waals surface area contributed by atoms with Crippen LogP contribution in [0.3, 0.4) is 0 Å². The van der Waals surface area contributed by atoms with Gasteiger partial charge in [-0.2, -0.15) is 0 Å². The van der Waals surface area contributed by atoms with Gasteiger partial charge in [-0.05, 0) is 69.2 Å². The molecule has 0 spiro atoms. The van der Waals surface area contributed by atoms with Gasteiger partial charge in [-0.15, -0.1) is 0 Å². The zero-order valence-corrected chi connectivity index (χ0v) is 24.5. The lowest BCUT2D eigenvalue weighted by molar-refractivity contribution is -0.139. The van der Waals surface area contributed by atoms with Crippen LogP contribution in [0.4, 0.5) is 0 Å². The van der Waals surface area contributed by atoms with E-state index in [1.165, 1.54) is 11.3 Å². The van der Waals surface area contributed by atoms with Crippen LogP contribution in [0.2, 0.25) is 0 Å². The maximum absolute atomic E-state index is 13.9. The number of methoxy groups -OCH3 is 1. The summed E-state index contributed by atoms with van der Waals surface area (Å²) in [7, 11) is 1.57. The first kappa shape index (κ1) is 27.9. The number of thiazole rings is 1. The number of allylic oxidation sites excluding steroid dienone is 1. The summed E-state index contributed by atoms with van der Waals surface area (Å²) in [6.07, 6.45) is 3.27. The molecule has 38 heavy (non-hydrogen) atoms. The highest BCUT2D eigenvalue weighted by Crippen LogP contribution is 2.38. The summed E-state index contributed by atoms with van der Waals surface area (Å²) < 4.78 is 19.8. The van der Waals surface area contributed by atoms with Gasteiger partial charge in [0.05, 0.1) is 35.6 Å². The van der Waals surface area contributed by atoms with Gasteiger partial charge < -0.3 is 14.2 Å². The lowest BCUT2D eigenvalue weighted by Gasteiger charge is -2.27. The van der Waals surface area contributed by atoms with E-state index in [2.05, 4.69) is 15.9 Å². The molecule has 0 amide bonds. The van der Waals surface area contributed by atoms with E-state index in [1.54, 1.807) is 18.6 Å². The van der Waals surface area contributed by atoms with Crippen LogP contribution in [-0.4, -0.2) is 30.4 Å². The molecule has 4 rings (SSSR count). The Hall–Kier alpha value is -3.17. The number of esters is 1. The number of rotatable bonds is 9. The van der Waals surface area contributed by atoms with Crippen molar-refractivity contribution < 1.29 is 19.0 Å². The number of carbonyl (C=O) groups is 1. The van der Waals surface area contributed by atoms with Gasteiger partial charge in [0, 0.05) is 10.0 Å². The number of halogens is 1. The first-order valence-corrected chi connectivity index (χ1v) is 14.2. The summed E-state index contributed by atoms with van der Waals surface area (Å²) in [5.41, 5.74) is 2.29. The van der Waals surface area contributed by atoms with E-state index in [-0.39, 0.29) is 18.3 Å². The van der Waals surface area contributed by atoms with Crippen molar-refractivity contribution in [2.45, 2.75) is 52.7 Å². The molecule has 1 aliphatic heterocycles. The van der Waals surface area contributed by atoms with E-state index in [1.807, 2.05) is 69.3 Å². The molecule has 0 N–H and O–H groups in total. The zero-order chi connectivity index (χ0) is 27.4. The Morgan fingerprint density at radius 3 is 2.55 bits per heavy atom. The highest BCUT2D eigenvalue weighted by Gasteiger charge is 2.36. The number of nitrogens with zero attached hydrogens (tertiary/aromatic N) is 2. The second-order valence-corrected chi connectivity index (χ2v) is 11.0. The number of hydrogen-bond donors (Lipinski definition) is 0. The van der Waals surface area contributed by atoms with Crippen molar-refractivity contribution >= 4 is 39.3 Å². The van der Waals surface area contributed by atoms with E-state index >= 15 is 0 Å². The molecule has 1 atom stereocenters. The Morgan fingerprint density at radius 1 is 1.18 bits per heavy atom. The van der Waals surface area contributed by atoms with Gasteiger partial charge in [0.1, 0.15) is 17.5 Å². The lowest BCUT2D eigenvalue weighted by atomic mass is 9.93. The molecule has 0 saturated heterocycles. The largest absolute Gasteiger partial charge is 0.496 e. The molecule has 0 fully saturated rings. The highest BCUT2D eigenvalue weighted by molar-refractivity contribution is 9.10. The summed E-state index contributed by atoms with van der Waals surface area (Å²) in [5, 5.41) is 0. The quantitative estimate of drug-likeness (QED) is 0.319. The molecule has 0 saturated carbocycles. The van der Waals surface area contributed by atoms with Crippen molar-refractivity contribution in [1.29, 1.82) is 0 Å². The summed E-state index contributed by atoms with van der Waals surface area (Å²) in [6.45, 7) is 7.96. The molecule has 0 radical (unpaired) electrons. The van der Waals surface area contributed by atoms with Gasteiger partial charge >= 0.3 is 5.97 Å². The lowest BCUT2D eigenvalue weighted by Crippen LogP contribution is -2.40. The predicted molar refractivity (Wildman–Crippen MR) is 153 cm³/mol. The minimum absolute atomic E-state index is 0.0745. The zero-order valence-electron chi connectivity index (χ0n) is 22.1. The third-order valence-corrected chi connectivity index (χ3v) is 7.40. The SMILES string of the molecule is CCCC1=C(C(=O)OCC)[C@@H](c2cc(Br)ccc2OC)n2c(s/c(=C/c3ccc(OC(C)C)cc3)c2=O)=N1. The van der Waals surface area contributed by atoms with Crippen LogP contribution in [0.5, 0.6) is 11.5 Å². The van der Waals surface area contributed by atoms with E-state index in [4.69, 9.17) is 19.2 Å². The summed E-state index contributed by atoms with van der Waals surface area (Å²) in [6, 6.07) is 12.4. The fourth-order valence-corrected chi connectivity index (χ4v) is 5.80. The normalized spacial score (nSPS) is 15.3. The molecule has 1 aromatic heterocycles. The van der Waals surface area contributed by atoms with Gasteiger partial charge in [-0.3, -0.25) is 9.36 Å². The number of fused-ring (bicyclic) bond motifs is 1. The molecule has 3 aromatic rings. The molecule has 0 aliphatic carbocycles. The average Bonchev–Trinajstić information content (AvgIpc) is 3.18. The minimum Gasteiger partial charge on any atom is -0.496 e. The third kappa shape index (κ3) is 5.78. The predicted octanol–water partition coefficient (Wildman–Crippen LogP) is 5.14. The molecule has 2 aromatic carbocycles. The number of benzene rings is 2. The molecule has 7 nitrogen and oxygen atoms in total. The van der Waals surface area contributed by atoms with Gasteiger partial charge in [-0.25, -0.2) is 9.79 Å². The summed E-state index contributed by atoms with van der Waals surface area (Å²) >= 11 is 4.84. The standard InChI is InChI=1S/C29H31BrN2O5S/c1-6-8-22-25(28(34)36-7-2)26(21-16-19(30)11-14-23(21)35-5)32-27(33)24(38-29(32)31-22)15-18-9-12-20(13-10-18)37-17(3)4/h9-17,26H,6-8H2,1-5H3/b24-15+/t26-/m1/s1. The van der Waals surface area contributed by atoms with Gasteiger partial charge in [0.25, 0.3) is 5.56 Å². The van der Waals surface area contributed by atoms with Crippen LogP contribution in [-0.2, 0) is 9.53 Å². The van der Waals surface area contributed by atoms with Crippen molar-refractivity contribution in [2.75, 3.05) is 13.7 Å². The summed E-state index contributed by atoms with van der Waals surface area (Å²) in [5.74, 6) is 0.846. The Balaban J connectivity index is 1.96. The van der Waals surface area contributed by atoms with Crippen LogP contribution >= 0.6 is 27.3 Å². The monoisotopic (exact) mass is 598 g/mol. The molecule has 200 valence electrons. The van der Waals surface area contributed by atoms with Crippen LogP contribution in [0, 0.1) is 0 Å². The first-order valence-electron chi connectivity index (χ1n) is 12.6. The average molecular weight is 600 g/mol. The minimum atomic E-state index is -0.747. The number of carbonyl (C=O) groups excluding carboxylic acids is 1. The Morgan fingerprint density at radius 2 is 1.92 bits per heavy atom. The number of aromatic nitrogens is 1. The van der Waals surface area contributed by atoms with Crippen molar-refractivity contribution in [3.05, 3.63) is 89.0 Å². The van der Waals surface area contributed by atoms with Crippen LogP contribution < -0.4 is 24.4 Å². The topological polar surface area (TPSA) is 79.1 Å². The summed E-state index contributed by atoms with van der Waals surface area (Å²) in [4.78, 5) is 32.6. The first-order chi connectivity index (χ1) is 18.3. The van der Waals surface area contributed by atoms with E-state index in [9.17, 15) is 9.59 Å².